The molecule has 0 bridgehead atoms. The Morgan fingerprint density at radius 1 is 1.00 bits per heavy atom. The SMILES string of the molecule is O=C(Cc1ccccc1)N[C@@H]1CCN(c2nc3ccccc3n2C2CCCC2)C1. The van der Waals surface area contributed by atoms with E-state index in [1.54, 1.807) is 0 Å². The van der Waals surface area contributed by atoms with Crippen molar-refractivity contribution >= 4 is 22.9 Å². The smallest absolute Gasteiger partial charge is 0.224 e. The maximum Gasteiger partial charge on any atom is 0.224 e. The van der Waals surface area contributed by atoms with Crippen LogP contribution in [-0.4, -0.2) is 34.6 Å². The van der Waals surface area contributed by atoms with Gasteiger partial charge in [0.2, 0.25) is 11.9 Å². The van der Waals surface area contributed by atoms with E-state index >= 15 is 0 Å². The first-order valence-corrected chi connectivity index (χ1v) is 10.8. The zero-order valence-corrected chi connectivity index (χ0v) is 16.8. The molecule has 1 atom stereocenters. The van der Waals surface area contributed by atoms with E-state index in [-0.39, 0.29) is 11.9 Å². The van der Waals surface area contributed by atoms with Crippen LogP contribution < -0.4 is 10.2 Å². The molecule has 5 rings (SSSR count). The summed E-state index contributed by atoms with van der Waals surface area (Å²) in [4.78, 5) is 19.8. The number of imidazole rings is 1. The van der Waals surface area contributed by atoms with Gasteiger partial charge < -0.3 is 14.8 Å². The first-order chi connectivity index (χ1) is 14.3. The molecule has 2 aliphatic rings. The van der Waals surface area contributed by atoms with E-state index in [0.717, 1.165) is 36.5 Å². The molecule has 150 valence electrons. The van der Waals surface area contributed by atoms with Crippen LogP contribution in [0, 0.1) is 0 Å². The lowest BCUT2D eigenvalue weighted by Crippen LogP contribution is -2.38. The summed E-state index contributed by atoms with van der Waals surface area (Å²) in [6, 6.07) is 19.2. The normalized spacial score (nSPS) is 19.9. The van der Waals surface area contributed by atoms with Crippen molar-refractivity contribution in [3.63, 3.8) is 0 Å². The first kappa shape index (κ1) is 18.2. The number of amides is 1. The fraction of sp³-hybridized carbons (Fsp3) is 0.417. The van der Waals surface area contributed by atoms with Crippen molar-refractivity contribution < 1.29 is 4.79 Å². The molecule has 5 heteroatoms. The first-order valence-electron chi connectivity index (χ1n) is 10.8. The average Bonchev–Trinajstić information content (AvgIpc) is 3.47. The molecule has 1 aromatic heterocycles. The van der Waals surface area contributed by atoms with Crippen molar-refractivity contribution in [3.05, 3.63) is 60.2 Å². The van der Waals surface area contributed by atoms with Crippen LogP contribution in [0.3, 0.4) is 0 Å². The van der Waals surface area contributed by atoms with Crippen LogP contribution in [0.1, 0.15) is 43.7 Å². The predicted molar refractivity (Wildman–Crippen MR) is 116 cm³/mol. The largest absolute Gasteiger partial charge is 0.351 e. The van der Waals surface area contributed by atoms with Crippen molar-refractivity contribution in [2.75, 3.05) is 18.0 Å². The molecule has 1 aliphatic heterocycles. The van der Waals surface area contributed by atoms with Gasteiger partial charge in [0.05, 0.1) is 17.5 Å². The second-order valence-electron chi connectivity index (χ2n) is 8.37. The van der Waals surface area contributed by atoms with Crippen molar-refractivity contribution in [2.45, 2.75) is 50.6 Å². The van der Waals surface area contributed by atoms with E-state index < -0.39 is 0 Å². The van der Waals surface area contributed by atoms with Crippen LogP contribution in [0.15, 0.2) is 54.6 Å². The minimum Gasteiger partial charge on any atom is -0.351 e. The molecule has 29 heavy (non-hydrogen) atoms. The van der Waals surface area contributed by atoms with Gasteiger partial charge in [-0.15, -0.1) is 0 Å². The van der Waals surface area contributed by atoms with Gasteiger partial charge in [-0.25, -0.2) is 4.98 Å². The van der Waals surface area contributed by atoms with Gasteiger partial charge in [-0.1, -0.05) is 55.3 Å². The monoisotopic (exact) mass is 388 g/mol. The molecule has 1 aliphatic carbocycles. The number of nitrogens with zero attached hydrogens (tertiary/aromatic N) is 3. The highest BCUT2D eigenvalue weighted by atomic mass is 16.1. The Hall–Kier alpha value is -2.82. The molecule has 3 aromatic rings. The van der Waals surface area contributed by atoms with E-state index in [4.69, 9.17) is 4.98 Å². The Morgan fingerprint density at radius 3 is 2.59 bits per heavy atom. The number of carbonyl (C=O) groups is 1. The fourth-order valence-corrected chi connectivity index (χ4v) is 4.90. The number of hydrogen-bond donors (Lipinski definition) is 1. The highest BCUT2D eigenvalue weighted by molar-refractivity contribution is 5.80. The molecule has 0 radical (unpaired) electrons. The number of fused-ring (bicyclic) bond motifs is 1. The van der Waals surface area contributed by atoms with Gasteiger partial charge in [0.25, 0.3) is 0 Å². The summed E-state index contributed by atoms with van der Waals surface area (Å²) in [5.74, 6) is 1.19. The Kier molecular flexibility index (Phi) is 4.96. The summed E-state index contributed by atoms with van der Waals surface area (Å²) in [5, 5.41) is 3.23. The maximum absolute atomic E-state index is 12.5. The van der Waals surface area contributed by atoms with Gasteiger partial charge in [-0.2, -0.15) is 0 Å². The fourth-order valence-electron chi connectivity index (χ4n) is 4.90. The molecule has 2 heterocycles. The molecule has 2 aromatic carbocycles. The summed E-state index contributed by atoms with van der Waals surface area (Å²) >= 11 is 0. The highest BCUT2D eigenvalue weighted by Crippen LogP contribution is 2.37. The summed E-state index contributed by atoms with van der Waals surface area (Å²) in [6.45, 7) is 1.77. The van der Waals surface area contributed by atoms with Crippen LogP contribution in [0.5, 0.6) is 0 Å². The van der Waals surface area contributed by atoms with E-state index in [1.807, 2.05) is 30.3 Å². The van der Waals surface area contributed by atoms with E-state index in [0.29, 0.717) is 12.5 Å². The average molecular weight is 389 g/mol. The molecule has 1 saturated carbocycles. The topological polar surface area (TPSA) is 50.2 Å². The van der Waals surface area contributed by atoms with Crippen LogP contribution in [0.4, 0.5) is 5.95 Å². The van der Waals surface area contributed by atoms with Crippen LogP contribution >= 0.6 is 0 Å². The number of benzene rings is 2. The van der Waals surface area contributed by atoms with Crippen LogP contribution in [0.2, 0.25) is 0 Å². The van der Waals surface area contributed by atoms with E-state index in [1.165, 1.54) is 31.2 Å². The zero-order chi connectivity index (χ0) is 19.6. The van der Waals surface area contributed by atoms with Gasteiger partial charge in [0.15, 0.2) is 0 Å². The molecule has 2 fully saturated rings. The Balaban J connectivity index is 1.31. The molecule has 1 amide bonds. The third-order valence-electron chi connectivity index (χ3n) is 6.31. The number of aromatic nitrogens is 2. The molecular formula is C24H28N4O. The van der Waals surface area contributed by atoms with Crippen molar-refractivity contribution in [3.8, 4) is 0 Å². The molecule has 5 nitrogen and oxygen atoms in total. The predicted octanol–water partition coefficient (Wildman–Crippen LogP) is 4.09. The molecule has 1 saturated heterocycles. The van der Waals surface area contributed by atoms with Crippen LogP contribution in [-0.2, 0) is 11.2 Å². The zero-order valence-electron chi connectivity index (χ0n) is 16.8. The van der Waals surface area contributed by atoms with Gasteiger partial charge in [0.1, 0.15) is 0 Å². The van der Waals surface area contributed by atoms with Crippen molar-refractivity contribution in [2.24, 2.45) is 0 Å². The Bertz CT molecular complexity index is 991. The number of anilines is 1. The summed E-state index contributed by atoms with van der Waals surface area (Å²) in [5.41, 5.74) is 3.37. The minimum absolute atomic E-state index is 0.104. The third-order valence-corrected chi connectivity index (χ3v) is 6.31. The van der Waals surface area contributed by atoms with Gasteiger partial charge >= 0.3 is 0 Å². The summed E-state index contributed by atoms with van der Waals surface area (Å²) < 4.78 is 2.47. The second-order valence-corrected chi connectivity index (χ2v) is 8.37. The maximum atomic E-state index is 12.5. The second kappa shape index (κ2) is 7.90. The van der Waals surface area contributed by atoms with Gasteiger partial charge in [-0.05, 0) is 37.0 Å². The lowest BCUT2D eigenvalue weighted by molar-refractivity contribution is -0.121. The van der Waals surface area contributed by atoms with Gasteiger partial charge in [-0.3, -0.25) is 4.79 Å². The third kappa shape index (κ3) is 3.74. The highest BCUT2D eigenvalue weighted by Gasteiger charge is 2.30. The Labute approximate surface area is 171 Å². The van der Waals surface area contributed by atoms with Crippen LogP contribution in [0.25, 0.3) is 11.0 Å². The number of nitrogens with one attached hydrogen (secondary N) is 1. The number of para-hydroxylation sites is 2. The lowest BCUT2D eigenvalue weighted by atomic mass is 10.1. The molecule has 0 spiro atoms. The van der Waals surface area contributed by atoms with Crippen molar-refractivity contribution in [1.29, 1.82) is 0 Å². The summed E-state index contributed by atoms with van der Waals surface area (Å²) in [6.07, 6.45) is 6.48. The quantitative estimate of drug-likeness (QED) is 0.716. The van der Waals surface area contributed by atoms with E-state index in [2.05, 4.69) is 39.0 Å². The number of carbonyl (C=O) groups excluding carboxylic acids is 1. The standard InChI is InChI=1S/C24H28N4O/c29-23(16-18-8-2-1-3-9-18)25-19-14-15-27(17-19)24-26-21-12-6-7-13-22(21)28(24)20-10-4-5-11-20/h1-3,6-9,12-13,19-20H,4-5,10-11,14-17H2,(H,25,29)/t19-/m1/s1. The van der Waals surface area contributed by atoms with E-state index in [9.17, 15) is 4.79 Å². The molecule has 1 N–H and O–H groups in total. The number of rotatable bonds is 5. The van der Waals surface area contributed by atoms with Crippen molar-refractivity contribution in [1.82, 2.24) is 14.9 Å². The minimum atomic E-state index is 0.104. The molecular weight excluding hydrogens is 360 g/mol. The van der Waals surface area contributed by atoms with Gasteiger partial charge in [0, 0.05) is 25.2 Å². The molecule has 0 unspecified atom stereocenters. The number of hydrogen-bond acceptors (Lipinski definition) is 3. The Morgan fingerprint density at radius 2 is 1.76 bits per heavy atom. The summed E-state index contributed by atoms with van der Waals surface area (Å²) in [7, 11) is 0. The lowest BCUT2D eigenvalue weighted by Gasteiger charge is -2.23.